The van der Waals surface area contributed by atoms with Gasteiger partial charge in [-0.2, -0.15) is 0 Å². The molecule has 0 bridgehead atoms. The van der Waals surface area contributed by atoms with Crippen molar-refractivity contribution in [3.63, 3.8) is 0 Å². The molecule has 0 heterocycles. The van der Waals surface area contributed by atoms with Gasteiger partial charge in [0.15, 0.2) is 0 Å². The first kappa shape index (κ1) is 17.0. The summed E-state index contributed by atoms with van der Waals surface area (Å²) < 4.78 is 12.8. The smallest absolute Gasteiger partial charge is 0.233 e. The second-order valence-electron chi connectivity index (χ2n) is 4.96. The predicted molar refractivity (Wildman–Crippen MR) is 87.8 cm³/mol. The minimum absolute atomic E-state index is 0.258. The third-order valence-corrected chi connectivity index (χ3v) is 3.35. The SMILES string of the molecule is O=C(CC(=O)Nc1ccc(Cl)cc1)NCCc1ccc(F)cc1. The lowest BCUT2D eigenvalue weighted by atomic mass is 10.1. The van der Waals surface area contributed by atoms with Crippen LogP contribution < -0.4 is 10.6 Å². The predicted octanol–water partition coefficient (Wildman–Crippen LogP) is 3.17. The van der Waals surface area contributed by atoms with E-state index in [1.807, 2.05) is 0 Å². The molecular formula is C17H16ClFN2O2. The quantitative estimate of drug-likeness (QED) is 0.797. The van der Waals surface area contributed by atoms with E-state index in [2.05, 4.69) is 10.6 Å². The zero-order valence-corrected chi connectivity index (χ0v) is 13.1. The Morgan fingerprint density at radius 1 is 0.957 bits per heavy atom. The van der Waals surface area contributed by atoms with Crippen LogP contribution in [0.5, 0.6) is 0 Å². The van der Waals surface area contributed by atoms with Crippen molar-refractivity contribution < 1.29 is 14.0 Å². The molecule has 2 aromatic rings. The molecule has 23 heavy (non-hydrogen) atoms. The van der Waals surface area contributed by atoms with Gasteiger partial charge < -0.3 is 10.6 Å². The Kier molecular flexibility index (Phi) is 6.11. The highest BCUT2D eigenvalue weighted by Crippen LogP contribution is 2.13. The molecule has 0 saturated carbocycles. The molecule has 0 aliphatic heterocycles. The summed E-state index contributed by atoms with van der Waals surface area (Å²) in [5.41, 5.74) is 1.50. The molecule has 0 aliphatic rings. The monoisotopic (exact) mass is 334 g/mol. The lowest BCUT2D eigenvalue weighted by Crippen LogP contribution is -2.29. The molecule has 0 unspecified atom stereocenters. The lowest BCUT2D eigenvalue weighted by Gasteiger charge is -2.07. The van der Waals surface area contributed by atoms with Gasteiger partial charge in [0.25, 0.3) is 0 Å². The molecule has 0 spiro atoms. The van der Waals surface area contributed by atoms with Crippen LogP contribution in [-0.2, 0) is 16.0 Å². The number of hydrogen-bond donors (Lipinski definition) is 2. The summed E-state index contributed by atoms with van der Waals surface area (Å²) in [6, 6.07) is 12.7. The second kappa shape index (κ2) is 8.29. The summed E-state index contributed by atoms with van der Waals surface area (Å²) in [6.45, 7) is 0.388. The van der Waals surface area contributed by atoms with Gasteiger partial charge in [-0.05, 0) is 48.4 Å². The Labute approximate surface area is 138 Å². The van der Waals surface area contributed by atoms with E-state index in [1.165, 1.54) is 12.1 Å². The molecule has 0 fully saturated rings. The van der Waals surface area contributed by atoms with Gasteiger partial charge in [0.1, 0.15) is 12.2 Å². The molecule has 0 aromatic heterocycles. The number of halogens is 2. The van der Waals surface area contributed by atoms with Crippen molar-refractivity contribution in [3.05, 3.63) is 64.9 Å². The molecular weight excluding hydrogens is 319 g/mol. The second-order valence-corrected chi connectivity index (χ2v) is 5.39. The third kappa shape index (κ3) is 6.08. The Bertz CT molecular complexity index is 672. The molecule has 120 valence electrons. The van der Waals surface area contributed by atoms with Crippen molar-refractivity contribution in [2.24, 2.45) is 0 Å². The van der Waals surface area contributed by atoms with E-state index in [0.29, 0.717) is 23.7 Å². The van der Waals surface area contributed by atoms with Crippen LogP contribution in [-0.4, -0.2) is 18.4 Å². The number of amides is 2. The summed E-state index contributed by atoms with van der Waals surface area (Å²) in [5, 5.41) is 5.84. The van der Waals surface area contributed by atoms with Crippen molar-refractivity contribution in [2.45, 2.75) is 12.8 Å². The molecule has 2 amide bonds. The molecule has 6 heteroatoms. The van der Waals surface area contributed by atoms with Gasteiger partial charge in [-0.3, -0.25) is 9.59 Å². The van der Waals surface area contributed by atoms with E-state index < -0.39 is 5.91 Å². The van der Waals surface area contributed by atoms with Gasteiger partial charge in [-0.1, -0.05) is 23.7 Å². The van der Waals surface area contributed by atoms with Crippen LogP contribution in [0.3, 0.4) is 0 Å². The Hall–Kier alpha value is -2.40. The highest BCUT2D eigenvalue weighted by molar-refractivity contribution is 6.30. The first-order valence-electron chi connectivity index (χ1n) is 7.09. The minimum atomic E-state index is -0.397. The van der Waals surface area contributed by atoms with Crippen molar-refractivity contribution in [3.8, 4) is 0 Å². The Morgan fingerprint density at radius 3 is 2.26 bits per heavy atom. The van der Waals surface area contributed by atoms with Gasteiger partial charge >= 0.3 is 0 Å². The first-order chi connectivity index (χ1) is 11.0. The number of hydrogen-bond acceptors (Lipinski definition) is 2. The molecule has 0 radical (unpaired) electrons. The summed E-state index contributed by atoms with van der Waals surface area (Å²) in [7, 11) is 0. The third-order valence-electron chi connectivity index (χ3n) is 3.10. The highest BCUT2D eigenvalue weighted by Gasteiger charge is 2.09. The van der Waals surface area contributed by atoms with Crippen LogP contribution >= 0.6 is 11.6 Å². The van der Waals surface area contributed by atoms with Crippen LogP contribution in [0.4, 0.5) is 10.1 Å². The van der Waals surface area contributed by atoms with Crippen LogP contribution in [0, 0.1) is 5.82 Å². The molecule has 0 saturated heterocycles. The normalized spacial score (nSPS) is 10.2. The van der Waals surface area contributed by atoms with Crippen molar-refractivity contribution in [1.29, 1.82) is 0 Å². The first-order valence-corrected chi connectivity index (χ1v) is 7.47. The van der Waals surface area contributed by atoms with Gasteiger partial charge in [0, 0.05) is 17.3 Å². The maximum atomic E-state index is 12.8. The number of anilines is 1. The fourth-order valence-corrected chi connectivity index (χ4v) is 2.07. The van der Waals surface area contributed by atoms with Gasteiger partial charge in [-0.25, -0.2) is 4.39 Å². The molecule has 0 aliphatic carbocycles. The average Bonchev–Trinajstić information content (AvgIpc) is 2.51. The standard InChI is InChI=1S/C17H16ClFN2O2/c18-13-3-7-15(8-4-13)21-17(23)11-16(22)20-10-9-12-1-5-14(19)6-2-12/h1-8H,9-11H2,(H,20,22)(H,21,23). The van der Waals surface area contributed by atoms with Gasteiger partial charge in [0.05, 0.1) is 0 Å². The summed E-state index contributed by atoms with van der Waals surface area (Å²) in [5.74, 6) is -1.05. The zero-order valence-electron chi connectivity index (χ0n) is 12.3. The summed E-state index contributed by atoms with van der Waals surface area (Å²) in [4.78, 5) is 23.4. The van der Waals surface area contributed by atoms with Crippen LogP contribution in [0.2, 0.25) is 5.02 Å². The molecule has 2 N–H and O–H groups in total. The van der Waals surface area contributed by atoms with E-state index in [-0.39, 0.29) is 18.1 Å². The molecule has 2 rings (SSSR count). The summed E-state index contributed by atoms with van der Waals surface area (Å²) >= 11 is 5.75. The number of carbonyl (C=O) groups excluding carboxylic acids is 2. The summed E-state index contributed by atoms with van der Waals surface area (Å²) in [6.07, 6.45) is 0.316. The molecule has 4 nitrogen and oxygen atoms in total. The number of nitrogens with one attached hydrogen (secondary N) is 2. The largest absolute Gasteiger partial charge is 0.355 e. The van der Waals surface area contributed by atoms with Gasteiger partial charge in [0.2, 0.25) is 11.8 Å². The van der Waals surface area contributed by atoms with E-state index in [0.717, 1.165) is 5.56 Å². The molecule has 0 atom stereocenters. The van der Waals surface area contributed by atoms with E-state index >= 15 is 0 Å². The Balaban J connectivity index is 1.70. The van der Waals surface area contributed by atoms with Crippen LogP contribution in [0.15, 0.2) is 48.5 Å². The average molecular weight is 335 g/mol. The topological polar surface area (TPSA) is 58.2 Å². The van der Waals surface area contributed by atoms with Crippen LogP contribution in [0.1, 0.15) is 12.0 Å². The highest BCUT2D eigenvalue weighted by atomic mass is 35.5. The van der Waals surface area contributed by atoms with E-state index in [4.69, 9.17) is 11.6 Å². The zero-order chi connectivity index (χ0) is 16.7. The van der Waals surface area contributed by atoms with E-state index in [9.17, 15) is 14.0 Å². The number of benzene rings is 2. The van der Waals surface area contributed by atoms with Crippen molar-refractivity contribution >= 4 is 29.1 Å². The number of rotatable bonds is 6. The fourth-order valence-electron chi connectivity index (χ4n) is 1.94. The van der Waals surface area contributed by atoms with E-state index in [1.54, 1.807) is 36.4 Å². The van der Waals surface area contributed by atoms with Crippen molar-refractivity contribution in [1.82, 2.24) is 5.32 Å². The van der Waals surface area contributed by atoms with Gasteiger partial charge in [-0.15, -0.1) is 0 Å². The van der Waals surface area contributed by atoms with Crippen molar-refractivity contribution in [2.75, 3.05) is 11.9 Å². The lowest BCUT2D eigenvalue weighted by molar-refractivity contribution is -0.126. The maximum Gasteiger partial charge on any atom is 0.233 e. The fraction of sp³-hybridized carbons (Fsp3) is 0.176. The number of carbonyl (C=O) groups is 2. The van der Waals surface area contributed by atoms with Crippen LogP contribution in [0.25, 0.3) is 0 Å². The Morgan fingerprint density at radius 2 is 1.61 bits per heavy atom. The minimum Gasteiger partial charge on any atom is -0.355 e. The maximum absolute atomic E-state index is 12.8. The molecule has 2 aromatic carbocycles.